The fourth-order valence-corrected chi connectivity index (χ4v) is 7.43. The Hall–Kier alpha value is -1.70. The summed E-state index contributed by atoms with van der Waals surface area (Å²) in [6.45, 7) is 3.86. The lowest BCUT2D eigenvalue weighted by Gasteiger charge is -2.20. The van der Waals surface area contributed by atoms with Gasteiger partial charge in [0.15, 0.2) is 6.10 Å². The Morgan fingerprint density at radius 2 is 1.07 bits per heavy atom. The third-order valence-electron chi connectivity index (χ3n) is 9.79. The molecule has 0 aromatic carbocycles. The van der Waals surface area contributed by atoms with E-state index in [1.54, 1.807) is 6.08 Å². The highest BCUT2D eigenvalue weighted by molar-refractivity contribution is 7.47. The van der Waals surface area contributed by atoms with Crippen LogP contribution in [0.2, 0.25) is 0 Å². The third kappa shape index (κ3) is 44.7. The van der Waals surface area contributed by atoms with E-state index < -0.39 is 72.3 Å². The van der Waals surface area contributed by atoms with Crippen LogP contribution in [0.1, 0.15) is 188 Å². The van der Waals surface area contributed by atoms with Gasteiger partial charge < -0.3 is 34.4 Å². The van der Waals surface area contributed by atoms with Crippen molar-refractivity contribution < 1.29 is 66.7 Å². The van der Waals surface area contributed by atoms with Crippen molar-refractivity contribution in [1.29, 1.82) is 0 Å². The number of esters is 2. The predicted octanol–water partition coefficient (Wildman–Crippen LogP) is 10.9. The van der Waals surface area contributed by atoms with Crippen molar-refractivity contribution in [3.63, 3.8) is 0 Å². The molecular weight excluding hydrogens is 826 g/mol. The van der Waals surface area contributed by atoms with Crippen molar-refractivity contribution in [2.45, 2.75) is 206 Å². The summed E-state index contributed by atoms with van der Waals surface area (Å²) in [5.41, 5.74) is 0. The number of carbonyl (C=O) groups is 2. The monoisotopic (exact) mass is 911 g/mol. The molecule has 0 amide bonds. The maximum Gasteiger partial charge on any atom is 0.472 e. The molecule has 0 aliphatic heterocycles. The fraction of sp³-hybridized carbons (Fsp3) is 0.822. The number of phosphoric ester groups is 2. The maximum atomic E-state index is 12.7. The molecule has 0 saturated carbocycles. The van der Waals surface area contributed by atoms with E-state index >= 15 is 0 Å². The van der Waals surface area contributed by atoms with Gasteiger partial charge in [0.2, 0.25) is 0 Å². The molecule has 0 fully saturated rings. The molecule has 0 radical (unpaired) electrons. The third-order valence-corrected chi connectivity index (χ3v) is 11.2. The quantitative estimate of drug-likeness (QED) is 0.0127. The Bertz CT molecular complexity index is 1250. The standard InChI is InChI=1S/C45H84O14P2/c1-4-5-26-32-41(46)33-28-23-19-15-13-17-20-24-29-34-44(48)55-38-43(39-58-61(53,54)57-37-42(47)36-56-60(50,51)52)59-45(49)35-30-25-21-16-12-10-8-6-7-9-11-14-18-22-27-31-40(2)3/h5,19,23,26,28,33,40-43,46-47H,4,6-18,20-22,24-25,27,29-32,34-39H2,1-3H3,(H,53,54)(H2,50,51,52)/b23-19+,26-5+,33-28+/t41?,42-,43+/m0/s1. The van der Waals surface area contributed by atoms with Gasteiger partial charge in [0.1, 0.15) is 12.7 Å². The molecule has 0 rings (SSSR count). The van der Waals surface area contributed by atoms with Gasteiger partial charge in [-0.15, -0.1) is 0 Å². The number of rotatable bonds is 43. The molecule has 16 heteroatoms. The van der Waals surface area contributed by atoms with E-state index in [0.717, 1.165) is 63.7 Å². The molecule has 0 aromatic heterocycles. The first-order valence-electron chi connectivity index (χ1n) is 23.1. The Labute approximate surface area is 368 Å². The SMILES string of the molecule is CC/C=C/CC(O)/C=C/C=C/CCCCCCCC(=O)OC[C@H](COP(=O)(O)OC[C@@H](O)COP(=O)(O)O)OC(=O)CCCCCCCCCCCCCCCCCC(C)C. The molecule has 358 valence electrons. The van der Waals surface area contributed by atoms with Crippen LogP contribution in [0.25, 0.3) is 0 Å². The summed E-state index contributed by atoms with van der Waals surface area (Å²) in [5, 5.41) is 19.6. The minimum Gasteiger partial charge on any atom is -0.462 e. The van der Waals surface area contributed by atoms with Gasteiger partial charge in [0.05, 0.1) is 25.9 Å². The molecular formula is C45H84O14P2. The van der Waals surface area contributed by atoms with Crippen LogP contribution < -0.4 is 0 Å². The van der Waals surface area contributed by atoms with E-state index in [1.807, 2.05) is 24.3 Å². The van der Waals surface area contributed by atoms with E-state index in [2.05, 4.69) is 35.9 Å². The first-order chi connectivity index (χ1) is 29.1. The molecule has 0 aliphatic carbocycles. The van der Waals surface area contributed by atoms with Crippen LogP contribution in [-0.4, -0.2) is 81.6 Å². The van der Waals surface area contributed by atoms with Gasteiger partial charge in [0.25, 0.3) is 0 Å². The van der Waals surface area contributed by atoms with Crippen molar-refractivity contribution in [2.24, 2.45) is 5.92 Å². The number of ether oxygens (including phenoxy) is 2. The molecule has 14 nitrogen and oxygen atoms in total. The highest BCUT2D eigenvalue weighted by Crippen LogP contribution is 2.43. The summed E-state index contributed by atoms with van der Waals surface area (Å²) in [4.78, 5) is 52.8. The summed E-state index contributed by atoms with van der Waals surface area (Å²) >= 11 is 0. The number of aliphatic hydroxyl groups excluding tert-OH is 2. The summed E-state index contributed by atoms with van der Waals surface area (Å²) < 4.78 is 47.8. The van der Waals surface area contributed by atoms with Crippen molar-refractivity contribution in [1.82, 2.24) is 0 Å². The van der Waals surface area contributed by atoms with Crippen LogP contribution in [0.4, 0.5) is 0 Å². The number of hydrogen-bond acceptors (Lipinski definition) is 11. The van der Waals surface area contributed by atoms with E-state index in [-0.39, 0.29) is 12.8 Å². The highest BCUT2D eigenvalue weighted by Gasteiger charge is 2.28. The molecule has 2 unspecified atom stereocenters. The minimum atomic E-state index is -4.87. The number of allylic oxidation sites excluding steroid dienone is 4. The van der Waals surface area contributed by atoms with Crippen LogP contribution in [0.15, 0.2) is 36.5 Å². The van der Waals surface area contributed by atoms with E-state index in [1.165, 1.54) is 77.0 Å². The van der Waals surface area contributed by atoms with Gasteiger partial charge in [0, 0.05) is 12.8 Å². The lowest BCUT2D eigenvalue weighted by Crippen LogP contribution is -2.30. The fourth-order valence-electron chi connectivity index (χ4n) is 6.28. The van der Waals surface area contributed by atoms with Crippen molar-refractivity contribution >= 4 is 27.6 Å². The van der Waals surface area contributed by atoms with Gasteiger partial charge in [-0.1, -0.05) is 173 Å². The topological polar surface area (TPSA) is 216 Å². The highest BCUT2D eigenvalue weighted by atomic mass is 31.2. The number of carbonyl (C=O) groups excluding carboxylic acids is 2. The molecule has 61 heavy (non-hydrogen) atoms. The van der Waals surface area contributed by atoms with Crippen molar-refractivity contribution in [2.75, 3.05) is 26.4 Å². The Morgan fingerprint density at radius 3 is 1.61 bits per heavy atom. The molecule has 0 heterocycles. The van der Waals surface area contributed by atoms with Gasteiger partial charge in [-0.3, -0.25) is 23.2 Å². The summed E-state index contributed by atoms with van der Waals surface area (Å²) in [5.74, 6) is -0.268. The molecule has 0 aliphatic rings. The molecule has 0 spiro atoms. The Morgan fingerprint density at radius 1 is 0.574 bits per heavy atom. The van der Waals surface area contributed by atoms with Crippen LogP contribution in [0, 0.1) is 5.92 Å². The van der Waals surface area contributed by atoms with Crippen LogP contribution in [-0.2, 0) is 41.8 Å². The lowest BCUT2D eigenvalue weighted by atomic mass is 10.0. The summed E-state index contributed by atoms with van der Waals surface area (Å²) in [7, 11) is -9.69. The normalized spacial score (nSPS) is 14.9. The Kier molecular flexibility index (Phi) is 38.7. The molecule has 4 atom stereocenters. The largest absolute Gasteiger partial charge is 0.472 e. The molecule has 0 aromatic rings. The zero-order valence-corrected chi connectivity index (χ0v) is 39.6. The van der Waals surface area contributed by atoms with Gasteiger partial charge in [-0.2, -0.15) is 0 Å². The van der Waals surface area contributed by atoms with Gasteiger partial charge in [-0.05, 0) is 44.4 Å². The maximum absolute atomic E-state index is 12.7. The molecule has 0 bridgehead atoms. The van der Waals surface area contributed by atoms with Gasteiger partial charge >= 0.3 is 27.6 Å². The number of phosphoric acid groups is 2. The zero-order valence-electron chi connectivity index (χ0n) is 37.8. The number of unbranched alkanes of at least 4 members (excludes halogenated alkanes) is 19. The zero-order chi connectivity index (χ0) is 45.5. The first-order valence-corrected chi connectivity index (χ1v) is 26.2. The second-order valence-corrected chi connectivity index (χ2v) is 19.0. The second-order valence-electron chi connectivity index (χ2n) is 16.3. The van der Waals surface area contributed by atoms with Gasteiger partial charge in [-0.25, -0.2) is 9.13 Å². The molecule has 5 N–H and O–H groups in total. The minimum absolute atomic E-state index is 0.119. The van der Waals surface area contributed by atoms with E-state index in [4.69, 9.17) is 23.8 Å². The lowest BCUT2D eigenvalue weighted by molar-refractivity contribution is -0.161. The summed E-state index contributed by atoms with van der Waals surface area (Å²) in [6, 6.07) is 0. The first kappa shape index (κ1) is 59.3. The van der Waals surface area contributed by atoms with Crippen LogP contribution in [0.5, 0.6) is 0 Å². The van der Waals surface area contributed by atoms with E-state index in [0.29, 0.717) is 19.3 Å². The van der Waals surface area contributed by atoms with Crippen LogP contribution >= 0.6 is 15.6 Å². The van der Waals surface area contributed by atoms with E-state index in [9.17, 15) is 33.8 Å². The average Bonchev–Trinajstić information content (AvgIpc) is 3.20. The van der Waals surface area contributed by atoms with Crippen molar-refractivity contribution in [3.05, 3.63) is 36.5 Å². The number of aliphatic hydroxyl groups is 2. The number of hydrogen-bond donors (Lipinski definition) is 5. The van der Waals surface area contributed by atoms with Crippen LogP contribution in [0.3, 0.4) is 0 Å². The Balaban J connectivity index is 4.51. The second kappa shape index (κ2) is 39.9. The smallest absolute Gasteiger partial charge is 0.462 e. The average molecular weight is 911 g/mol. The summed E-state index contributed by atoms with van der Waals surface area (Å²) in [6.07, 6.45) is 34.7. The molecule has 0 saturated heterocycles. The van der Waals surface area contributed by atoms with Crippen molar-refractivity contribution in [3.8, 4) is 0 Å². The predicted molar refractivity (Wildman–Crippen MR) is 241 cm³/mol.